The van der Waals surface area contributed by atoms with Gasteiger partial charge in [0.2, 0.25) is 11.3 Å². The van der Waals surface area contributed by atoms with E-state index in [1.807, 2.05) is 6.92 Å². The van der Waals surface area contributed by atoms with Gasteiger partial charge in [0.05, 0.1) is 18.8 Å². The molecule has 0 bridgehead atoms. The number of unbranched alkanes of at least 4 members (excludes halogenated alkanes) is 1. The van der Waals surface area contributed by atoms with Crippen LogP contribution in [0.15, 0.2) is 5.11 Å². The molecule has 5 atom stereocenters. The normalized spacial score (nSPS) is 22.4. The number of hydrogen-bond donors (Lipinski definition) is 3. The third-order valence-corrected chi connectivity index (χ3v) is 4.90. The van der Waals surface area contributed by atoms with E-state index in [0.717, 1.165) is 12.8 Å². The van der Waals surface area contributed by atoms with Gasteiger partial charge in [0.15, 0.2) is 6.29 Å². The average molecular weight is 450 g/mol. The van der Waals surface area contributed by atoms with Crippen molar-refractivity contribution in [1.29, 1.82) is 0 Å². The molecule has 1 rings (SSSR count). The maximum Gasteiger partial charge on any atom is 0.407 e. The smallest absolute Gasteiger partial charge is 0.407 e. The zero-order valence-electron chi connectivity index (χ0n) is 18.2. The molecular weight excluding hydrogens is 414 g/mol. The second-order valence-electron chi connectivity index (χ2n) is 8.29. The monoisotopic (exact) mass is 449 g/mol. The Morgan fingerprint density at radius 3 is 2.73 bits per heavy atom. The minimum absolute atomic E-state index is 0.00969. The van der Waals surface area contributed by atoms with Crippen LogP contribution in [0, 0.1) is 0 Å². The number of alkyl carbamates (subject to hydrolysis) is 1. The summed E-state index contributed by atoms with van der Waals surface area (Å²) in [6, 6.07) is -0.524. The summed E-state index contributed by atoms with van der Waals surface area (Å²) >= 11 is -2.26. The Balaban J connectivity index is 2.58. The third-order valence-electron chi connectivity index (χ3n) is 4.40. The van der Waals surface area contributed by atoms with Gasteiger partial charge in [0, 0.05) is 17.5 Å². The Morgan fingerprint density at radius 1 is 1.40 bits per heavy atom. The molecule has 1 heterocycles. The lowest BCUT2D eigenvalue weighted by Gasteiger charge is -2.33. The Kier molecular flexibility index (Phi) is 12.2. The highest BCUT2D eigenvalue weighted by Crippen LogP contribution is 2.22. The van der Waals surface area contributed by atoms with E-state index < -0.39 is 41.4 Å². The van der Waals surface area contributed by atoms with E-state index in [2.05, 4.69) is 20.1 Å². The molecule has 0 aromatic carbocycles. The molecule has 0 saturated carbocycles. The first kappa shape index (κ1) is 26.6. The van der Waals surface area contributed by atoms with Crippen molar-refractivity contribution in [2.75, 3.05) is 13.1 Å². The largest absolute Gasteiger partial charge is 0.444 e. The fourth-order valence-corrected chi connectivity index (χ4v) is 3.62. The van der Waals surface area contributed by atoms with E-state index in [9.17, 15) is 13.6 Å². The molecule has 0 aromatic heterocycles. The maximum absolute atomic E-state index is 11.7. The molecular formula is C18H35N5O6S. The van der Waals surface area contributed by atoms with Crippen LogP contribution in [-0.4, -0.2) is 58.1 Å². The van der Waals surface area contributed by atoms with Crippen LogP contribution < -0.4 is 10.0 Å². The highest BCUT2D eigenvalue weighted by atomic mass is 32.2. The molecule has 11 nitrogen and oxygen atoms in total. The zero-order valence-corrected chi connectivity index (χ0v) is 19.0. The van der Waals surface area contributed by atoms with E-state index >= 15 is 0 Å². The van der Waals surface area contributed by atoms with Gasteiger partial charge in [-0.15, -0.1) is 0 Å². The first-order valence-corrected chi connectivity index (χ1v) is 11.4. The summed E-state index contributed by atoms with van der Waals surface area (Å²) in [6.07, 6.45) is 2.91. The highest BCUT2D eigenvalue weighted by Gasteiger charge is 2.29. The summed E-state index contributed by atoms with van der Waals surface area (Å²) in [4.78, 5) is 14.5. The first-order valence-electron chi connectivity index (χ1n) is 10.3. The quantitative estimate of drug-likeness (QED) is 0.136. The van der Waals surface area contributed by atoms with E-state index in [0.29, 0.717) is 32.2 Å². The molecule has 0 aromatic rings. The number of carbonyl (C=O) groups is 1. The molecule has 4 unspecified atom stereocenters. The van der Waals surface area contributed by atoms with Crippen molar-refractivity contribution in [2.45, 2.75) is 96.4 Å². The topological polar surface area (TPSA) is 155 Å². The molecule has 0 spiro atoms. The van der Waals surface area contributed by atoms with Gasteiger partial charge in [-0.2, -0.15) is 0 Å². The van der Waals surface area contributed by atoms with Crippen molar-refractivity contribution in [3.8, 4) is 0 Å². The van der Waals surface area contributed by atoms with Crippen LogP contribution in [-0.2, 0) is 25.5 Å². The average Bonchev–Trinajstić information content (AvgIpc) is 2.62. The molecule has 1 aliphatic rings. The predicted octanol–water partition coefficient (Wildman–Crippen LogP) is 3.39. The lowest BCUT2D eigenvalue weighted by molar-refractivity contribution is -0.213. The Morgan fingerprint density at radius 2 is 2.13 bits per heavy atom. The van der Waals surface area contributed by atoms with Crippen molar-refractivity contribution >= 4 is 17.4 Å². The fourth-order valence-electron chi connectivity index (χ4n) is 3.09. The molecule has 1 amide bonds. The zero-order chi connectivity index (χ0) is 22.6. The van der Waals surface area contributed by atoms with E-state index in [1.54, 1.807) is 20.8 Å². The standard InChI is InChI=1S/C18H35N5O6S/c1-13-8-7-10-16(27-13)28-15(12-21-23-19)14(22-30(25)26)9-5-6-11-20-17(24)29-18(2,3)4/h13-16,22H,5-12H2,1-4H3,(H,20,24)(H,25,26)/t13?,14-,15?,16?/m0/s1. The fraction of sp³-hybridized carbons (Fsp3) is 0.944. The van der Waals surface area contributed by atoms with Gasteiger partial charge in [0.1, 0.15) is 5.60 Å². The molecule has 1 fully saturated rings. The lowest BCUT2D eigenvalue weighted by atomic mass is 10.0. The van der Waals surface area contributed by atoms with Gasteiger partial charge in [0.25, 0.3) is 0 Å². The molecule has 1 aliphatic heterocycles. The predicted molar refractivity (Wildman–Crippen MR) is 113 cm³/mol. The summed E-state index contributed by atoms with van der Waals surface area (Å²) < 4.78 is 40.2. The summed E-state index contributed by atoms with van der Waals surface area (Å²) in [7, 11) is 0. The third kappa shape index (κ3) is 12.3. The van der Waals surface area contributed by atoms with Crippen LogP contribution in [0.2, 0.25) is 0 Å². The minimum atomic E-state index is -2.26. The van der Waals surface area contributed by atoms with Gasteiger partial charge in [-0.3, -0.25) is 4.55 Å². The second-order valence-corrected chi connectivity index (χ2v) is 9.03. The number of ether oxygens (including phenoxy) is 3. The summed E-state index contributed by atoms with van der Waals surface area (Å²) in [5.74, 6) is 0. The highest BCUT2D eigenvalue weighted by molar-refractivity contribution is 7.77. The van der Waals surface area contributed by atoms with E-state index in [1.165, 1.54) is 0 Å². The van der Waals surface area contributed by atoms with Crippen LogP contribution in [0.1, 0.15) is 66.2 Å². The van der Waals surface area contributed by atoms with E-state index in [4.69, 9.17) is 19.7 Å². The lowest BCUT2D eigenvalue weighted by Crippen LogP contribution is -2.46. The molecule has 1 saturated heterocycles. The van der Waals surface area contributed by atoms with Gasteiger partial charge in [-0.25, -0.2) is 13.7 Å². The molecule has 30 heavy (non-hydrogen) atoms. The second kappa shape index (κ2) is 13.8. The molecule has 3 N–H and O–H groups in total. The molecule has 0 radical (unpaired) electrons. The van der Waals surface area contributed by atoms with Gasteiger partial charge >= 0.3 is 6.09 Å². The van der Waals surface area contributed by atoms with Crippen LogP contribution >= 0.6 is 0 Å². The Bertz CT molecular complexity index is 596. The Hall–Kier alpha value is -1.43. The number of rotatable bonds is 12. The van der Waals surface area contributed by atoms with Crippen molar-refractivity contribution < 1.29 is 27.8 Å². The van der Waals surface area contributed by atoms with Crippen LogP contribution in [0.25, 0.3) is 10.4 Å². The number of nitrogens with zero attached hydrogens (tertiary/aromatic N) is 3. The van der Waals surface area contributed by atoms with Gasteiger partial charge < -0.3 is 19.5 Å². The van der Waals surface area contributed by atoms with Gasteiger partial charge in [-0.05, 0) is 65.3 Å². The van der Waals surface area contributed by atoms with Gasteiger partial charge in [-0.1, -0.05) is 11.5 Å². The molecule has 174 valence electrons. The summed E-state index contributed by atoms with van der Waals surface area (Å²) in [6.45, 7) is 7.76. The van der Waals surface area contributed by atoms with Crippen molar-refractivity contribution in [3.63, 3.8) is 0 Å². The number of nitrogens with one attached hydrogen (secondary N) is 2. The first-order chi connectivity index (χ1) is 14.1. The minimum Gasteiger partial charge on any atom is -0.444 e. The Labute approximate surface area is 180 Å². The van der Waals surface area contributed by atoms with Crippen LogP contribution in [0.5, 0.6) is 0 Å². The molecule has 0 aliphatic carbocycles. The SMILES string of the molecule is CC1CCCC(OC(CN=[N+]=[N-])[C@H](CCCCNC(=O)OC(C)(C)C)NS(=O)O)O1. The number of amides is 1. The van der Waals surface area contributed by atoms with Crippen LogP contribution in [0.3, 0.4) is 0 Å². The number of hydrogen-bond acceptors (Lipinski definition) is 6. The number of azide groups is 1. The maximum atomic E-state index is 11.7. The summed E-state index contributed by atoms with van der Waals surface area (Å²) in [5.41, 5.74) is 8.13. The van der Waals surface area contributed by atoms with Crippen LogP contribution in [0.4, 0.5) is 4.79 Å². The van der Waals surface area contributed by atoms with Crippen molar-refractivity contribution in [1.82, 2.24) is 10.0 Å². The summed E-state index contributed by atoms with van der Waals surface area (Å²) in [5, 5.41) is 6.27. The van der Waals surface area contributed by atoms with Crippen molar-refractivity contribution in [3.05, 3.63) is 10.4 Å². The number of carbonyl (C=O) groups excluding carboxylic acids is 1. The van der Waals surface area contributed by atoms with Crippen molar-refractivity contribution in [2.24, 2.45) is 5.11 Å². The van der Waals surface area contributed by atoms with E-state index in [-0.39, 0.29) is 12.6 Å². The molecule has 12 heteroatoms.